The van der Waals surface area contributed by atoms with E-state index >= 15 is 0 Å². The first-order valence-electron chi connectivity index (χ1n) is 5.77. The van der Waals surface area contributed by atoms with Gasteiger partial charge in [-0.2, -0.15) is 0 Å². The van der Waals surface area contributed by atoms with Crippen LogP contribution < -0.4 is 0 Å². The Morgan fingerprint density at radius 1 is 0.900 bits per heavy atom. The second-order valence-corrected chi connectivity index (χ2v) is 3.92. The molecular weight excluding hydrogens is 260 g/mol. The van der Waals surface area contributed by atoms with Crippen LogP contribution in [-0.4, -0.2) is 21.3 Å². The molecule has 0 aromatic heterocycles. The maximum absolute atomic E-state index is 10.4. The van der Waals surface area contributed by atoms with Crippen LogP contribution >= 0.6 is 0 Å². The van der Waals surface area contributed by atoms with Gasteiger partial charge in [-0.05, 0) is 24.3 Å². The minimum atomic E-state index is -1.11. The van der Waals surface area contributed by atoms with Gasteiger partial charge in [0, 0.05) is 0 Å². The van der Waals surface area contributed by atoms with E-state index in [2.05, 4.69) is 0 Å². The summed E-state index contributed by atoms with van der Waals surface area (Å²) in [6, 6.07) is 15.1. The van der Waals surface area contributed by atoms with Crippen molar-refractivity contribution in [3.05, 3.63) is 65.9 Å². The normalized spacial score (nSPS) is 12.0. The quantitative estimate of drug-likeness (QED) is 0.781. The number of rotatable bonds is 2. The molecular formula is C15H12O5. The number of hydrogen-bond acceptors (Lipinski definition) is 4. The molecule has 1 aliphatic rings. The number of aromatic hydroxyl groups is 2. The van der Waals surface area contributed by atoms with E-state index in [1.54, 1.807) is 42.5 Å². The molecule has 20 heavy (non-hydrogen) atoms. The van der Waals surface area contributed by atoms with E-state index in [0.29, 0.717) is 11.3 Å². The van der Waals surface area contributed by atoms with Crippen LogP contribution in [0.3, 0.4) is 0 Å². The number of aliphatic carboxylic acids is 1. The summed E-state index contributed by atoms with van der Waals surface area (Å²) in [6.07, 6.45) is 0. The molecule has 2 aromatic carbocycles. The highest BCUT2D eigenvalue weighted by atomic mass is 16.6. The van der Waals surface area contributed by atoms with Crippen LogP contribution in [0, 0.1) is 0 Å². The molecule has 102 valence electrons. The van der Waals surface area contributed by atoms with Crippen LogP contribution in [0.4, 0.5) is 0 Å². The summed E-state index contributed by atoms with van der Waals surface area (Å²) in [5.41, 5.74) is 0.417. The highest BCUT2D eigenvalue weighted by Gasteiger charge is 2.34. The van der Waals surface area contributed by atoms with Crippen LogP contribution in [0.1, 0.15) is 5.56 Å². The number of phenolic OH excluding ortho intramolecular Hbond substituents is 2. The maximum Gasteiger partial charge on any atom is 0.375 e. The monoisotopic (exact) mass is 272 g/mol. The van der Waals surface area contributed by atoms with Crippen molar-refractivity contribution in [2.45, 2.75) is 0 Å². The Morgan fingerprint density at radius 2 is 1.50 bits per heavy atom. The van der Waals surface area contributed by atoms with Crippen molar-refractivity contribution in [1.82, 2.24) is 0 Å². The van der Waals surface area contributed by atoms with Gasteiger partial charge >= 0.3 is 5.97 Å². The zero-order valence-electron chi connectivity index (χ0n) is 10.4. The Kier molecular flexibility index (Phi) is 3.91. The first-order chi connectivity index (χ1) is 9.59. The number of benzene rings is 2. The van der Waals surface area contributed by atoms with Gasteiger partial charge in [-0.1, -0.05) is 30.3 Å². The summed E-state index contributed by atoms with van der Waals surface area (Å²) in [5.74, 6) is -0.624. The fraction of sp³-hybridized carbons (Fsp3) is 0. The summed E-state index contributed by atoms with van der Waals surface area (Å²) in [7, 11) is 0. The van der Waals surface area contributed by atoms with Crippen LogP contribution in [0.25, 0.3) is 5.76 Å². The predicted octanol–water partition coefficient (Wildman–Crippen LogP) is 2.57. The van der Waals surface area contributed by atoms with Crippen molar-refractivity contribution in [3.63, 3.8) is 0 Å². The molecule has 1 aliphatic heterocycles. The number of phenols is 2. The standard InChI is InChI=1S/C9H6O4.C6H6O/c10-6-4-2-1-3-5(6)7-8(13-7)9(11)12;7-6-4-2-1-3-5-6/h1-4,10H,(H,11,12);1-5,7H. The number of hydrogen-bond donors (Lipinski definition) is 3. The number of carboxylic acids is 1. The molecule has 0 aliphatic carbocycles. The third-order valence-electron chi connectivity index (χ3n) is 2.47. The maximum atomic E-state index is 10.4. The highest BCUT2D eigenvalue weighted by molar-refractivity contribution is 6.00. The lowest BCUT2D eigenvalue weighted by Gasteiger charge is -1.94. The second kappa shape index (κ2) is 5.79. The third-order valence-corrected chi connectivity index (χ3v) is 2.47. The van der Waals surface area contributed by atoms with E-state index < -0.39 is 5.97 Å². The van der Waals surface area contributed by atoms with Gasteiger partial charge in [0.05, 0.1) is 5.56 Å². The van der Waals surface area contributed by atoms with Gasteiger partial charge in [0.2, 0.25) is 0 Å². The summed E-state index contributed by atoms with van der Waals surface area (Å²) < 4.78 is 4.72. The molecule has 0 atom stereocenters. The van der Waals surface area contributed by atoms with Crippen molar-refractivity contribution in [2.75, 3.05) is 0 Å². The predicted molar refractivity (Wildman–Crippen MR) is 71.9 cm³/mol. The molecule has 0 amide bonds. The number of carboxylic acid groups (broad SMARTS) is 1. The largest absolute Gasteiger partial charge is 0.508 e. The summed E-state index contributed by atoms with van der Waals surface area (Å²) in [5, 5.41) is 26.5. The SMILES string of the molecule is O=C(O)C1=C(c2ccccc2O)O1.Oc1ccccc1. The van der Waals surface area contributed by atoms with Crippen LogP contribution in [0.15, 0.2) is 60.4 Å². The van der Waals surface area contributed by atoms with Crippen LogP contribution in [-0.2, 0) is 9.53 Å². The first kappa shape index (κ1) is 13.5. The molecule has 0 fully saturated rings. The smallest absolute Gasteiger partial charge is 0.375 e. The Labute approximate surface area is 115 Å². The van der Waals surface area contributed by atoms with Crippen LogP contribution in [0.2, 0.25) is 0 Å². The summed E-state index contributed by atoms with van der Waals surface area (Å²) in [4.78, 5) is 10.4. The molecule has 0 spiro atoms. The lowest BCUT2D eigenvalue weighted by Crippen LogP contribution is -1.88. The number of para-hydroxylation sites is 2. The van der Waals surface area contributed by atoms with Gasteiger partial charge in [-0.25, -0.2) is 4.79 Å². The Balaban J connectivity index is 0.000000178. The second-order valence-electron chi connectivity index (χ2n) is 3.92. The molecule has 0 radical (unpaired) electrons. The van der Waals surface area contributed by atoms with Crippen molar-refractivity contribution in [1.29, 1.82) is 0 Å². The molecule has 0 unspecified atom stereocenters. The van der Waals surface area contributed by atoms with Gasteiger partial charge < -0.3 is 20.1 Å². The van der Waals surface area contributed by atoms with Gasteiger partial charge in [0.25, 0.3) is 5.76 Å². The molecule has 1 heterocycles. The third kappa shape index (κ3) is 3.29. The Bertz CT molecular complexity index is 646. The van der Waals surface area contributed by atoms with Gasteiger partial charge in [0.15, 0.2) is 5.76 Å². The number of ether oxygens (including phenoxy) is 1. The Morgan fingerprint density at radius 3 is 1.95 bits per heavy atom. The van der Waals surface area contributed by atoms with E-state index in [9.17, 15) is 9.90 Å². The average Bonchev–Trinajstić information content (AvgIpc) is 3.21. The van der Waals surface area contributed by atoms with E-state index in [1.807, 2.05) is 6.07 Å². The van der Waals surface area contributed by atoms with Crippen molar-refractivity contribution >= 4 is 11.7 Å². The van der Waals surface area contributed by atoms with Gasteiger partial charge in [-0.3, -0.25) is 0 Å². The minimum absolute atomic E-state index is 0.0220. The molecule has 5 heteroatoms. The lowest BCUT2D eigenvalue weighted by molar-refractivity contribution is -0.133. The lowest BCUT2D eigenvalue weighted by atomic mass is 10.2. The van der Waals surface area contributed by atoms with E-state index in [4.69, 9.17) is 14.9 Å². The Hall–Kier alpha value is -2.95. The molecule has 0 bridgehead atoms. The molecule has 3 N–H and O–H groups in total. The minimum Gasteiger partial charge on any atom is -0.508 e. The van der Waals surface area contributed by atoms with E-state index in [0.717, 1.165) is 0 Å². The van der Waals surface area contributed by atoms with E-state index in [-0.39, 0.29) is 17.3 Å². The molecule has 0 saturated carbocycles. The average molecular weight is 272 g/mol. The van der Waals surface area contributed by atoms with Gasteiger partial charge in [-0.15, -0.1) is 0 Å². The van der Waals surface area contributed by atoms with E-state index in [1.165, 1.54) is 6.07 Å². The number of carbonyl (C=O) groups is 1. The molecule has 5 nitrogen and oxygen atoms in total. The van der Waals surface area contributed by atoms with Crippen molar-refractivity contribution < 1.29 is 24.9 Å². The molecule has 0 saturated heterocycles. The topological polar surface area (TPSA) is 90.3 Å². The molecule has 2 aromatic rings. The zero-order valence-corrected chi connectivity index (χ0v) is 10.4. The first-order valence-corrected chi connectivity index (χ1v) is 5.77. The fourth-order valence-electron chi connectivity index (χ4n) is 1.49. The summed E-state index contributed by atoms with van der Waals surface area (Å²) >= 11 is 0. The fourth-order valence-corrected chi connectivity index (χ4v) is 1.49. The van der Waals surface area contributed by atoms with Gasteiger partial charge in [0.1, 0.15) is 11.5 Å². The van der Waals surface area contributed by atoms with Crippen LogP contribution in [0.5, 0.6) is 11.5 Å². The van der Waals surface area contributed by atoms with Crippen molar-refractivity contribution in [3.8, 4) is 11.5 Å². The highest BCUT2D eigenvalue weighted by Crippen LogP contribution is 2.39. The zero-order chi connectivity index (χ0) is 14.5. The van der Waals surface area contributed by atoms with Crippen molar-refractivity contribution in [2.24, 2.45) is 0 Å². The summed E-state index contributed by atoms with van der Waals surface area (Å²) in [6.45, 7) is 0. The molecule has 3 rings (SSSR count).